The van der Waals surface area contributed by atoms with Crippen molar-refractivity contribution in [1.82, 2.24) is 9.55 Å². The fraction of sp³-hybridized carbons (Fsp3) is 0.333. The predicted octanol–water partition coefficient (Wildman–Crippen LogP) is 0.920. The zero-order chi connectivity index (χ0) is 12.5. The number of benzene rings is 1. The molecular formula is C12H14N4O2. The summed E-state index contributed by atoms with van der Waals surface area (Å²) in [6.07, 6.45) is 3.19. The van der Waals surface area contributed by atoms with Crippen molar-refractivity contribution in [2.45, 2.75) is 19.1 Å². The maximum Gasteiger partial charge on any atom is 0.170 e. The van der Waals surface area contributed by atoms with Crippen LogP contribution in [0.4, 0.5) is 0 Å². The highest BCUT2D eigenvalue weighted by molar-refractivity contribution is 5.99. The van der Waals surface area contributed by atoms with Gasteiger partial charge in [-0.15, -0.1) is 0 Å². The van der Waals surface area contributed by atoms with Crippen LogP contribution in [0.5, 0.6) is 0 Å². The van der Waals surface area contributed by atoms with E-state index in [-0.39, 0.29) is 5.84 Å². The van der Waals surface area contributed by atoms with Crippen molar-refractivity contribution in [3.8, 4) is 0 Å². The standard InChI is InChI=1S/C12H14N4O2/c13-12(15-17)8-1-2-11-10(5-8)14-7-16(11)6-9-3-4-18-9/h1-2,5,7,9,17H,3-4,6H2,(H2,13,15). The van der Waals surface area contributed by atoms with Gasteiger partial charge in [0.15, 0.2) is 5.84 Å². The molecule has 1 aliphatic heterocycles. The molecule has 0 amide bonds. The van der Waals surface area contributed by atoms with E-state index in [1.165, 1.54) is 0 Å². The predicted molar refractivity (Wildman–Crippen MR) is 66.6 cm³/mol. The molecule has 1 atom stereocenters. The summed E-state index contributed by atoms with van der Waals surface area (Å²) in [6.45, 7) is 1.67. The van der Waals surface area contributed by atoms with Gasteiger partial charge in [0, 0.05) is 12.2 Å². The molecule has 2 heterocycles. The molecule has 1 fully saturated rings. The van der Waals surface area contributed by atoms with Gasteiger partial charge in [-0.1, -0.05) is 5.16 Å². The van der Waals surface area contributed by atoms with Crippen LogP contribution in [0.3, 0.4) is 0 Å². The van der Waals surface area contributed by atoms with E-state index in [9.17, 15) is 0 Å². The van der Waals surface area contributed by atoms with Crippen molar-refractivity contribution in [2.75, 3.05) is 6.61 Å². The number of rotatable bonds is 3. The zero-order valence-corrected chi connectivity index (χ0v) is 9.78. The Morgan fingerprint density at radius 3 is 3.11 bits per heavy atom. The van der Waals surface area contributed by atoms with Crippen LogP contribution in [-0.4, -0.2) is 33.3 Å². The molecule has 0 saturated carbocycles. The van der Waals surface area contributed by atoms with Crippen molar-refractivity contribution in [3.63, 3.8) is 0 Å². The SMILES string of the molecule is NC(=NO)c1ccc2c(c1)ncn2CC1CCO1. The third-order valence-electron chi connectivity index (χ3n) is 3.22. The highest BCUT2D eigenvalue weighted by atomic mass is 16.5. The van der Waals surface area contributed by atoms with Gasteiger partial charge < -0.3 is 20.2 Å². The number of aromatic nitrogens is 2. The number of hydrogen-bond donors (Lipinski definition) is 2. The summed E-state index contributed by atoms with van der Waals surface area (Å²) in [6, 6.07) is 5.55. The minimum absolute atomic E-state index is 0.0915. The highest BCUT2D eigenvalue weighted by Gasteiger charge is 2.19. The first kappa shape index (κ1) is 11.0. The van der Waals surface area contributed by atoms with Crippen LogP contribution in [-0.2, 0) is 11.3 Å². The molecule has 0 bridgehead atoms. The normalized spacial score (nSPS) is 20.0. The van der Waals surface area contributed by atoms with Crippen molar-refractivity contribution in [1.29, 1.82) is 0 Å². The molecule has 6 nitrogen and oxygen atoms in total. The molecule has 1 unspecified atom stereocenters. The number of imidazole rings is 1. The van der Waals surface area contributed by atoms with E-state index in [4.69, 9.17) is 15.7 Å². The minimum atomic E-state index is 0.0915. The average molecular weight is 246 g/mol. The summed E-state index contributed by atoms with van der Waals surface area (Å²) in [7, 11) is 0. The van der Waals surface area contributed by atoms with E-state index in [0.29, 0.717) is 11.7 Å². The molecule has 94 valence electrons. The molecule has 18 heavy (non-hydrogen) atoms. The quantitative estimate of drug-likeness (QED) is 0.365. The maximum absolute atomic E-state index is 8.64. The zero-order valence-electron chi connectivity index (χ0n) is 9.78. The van der Waals surface area contributed by atoms with Crippen molar-refractivity contribution in [3.05, 3.63) is 30.1 Å². The van der Waals surface area contributed by atoms with Gasteiger partial charge in [0.2, 0.25) is 0 Å². The fourth-order valence-corrected chi connectivity index (χ4v) is 2.07. The molecule has 0 radical (unpaired) electrons. The lowest BCUT2D eigenvalue weighted by atomic mass is 10.1. The maximum atomic E-state index is 8.64. The second-order valence-corrected chi connectivity index (χ2v) is 4.37. The molecule has 3 rings (SSSR count). The molecule has 1 aliphatic rings. The summed E-state index contributed by atoms with van der Waals surface area (Å²) in [5.41, 5.74) is 8.07. The van der Waals surface area contributed by atoms with Crippen LogP contribution in [0, 0.1) is 0 Å². The van der Waals surface area contributed by atoms with Gasteiger partial charge in [-0.05, 0) is 24.6 Å². The number of ether oxygens (including phenoxy) is 1. The molecule has 1 aromatic carbocycles. The average Bonchev–Trinajstić information content (AvgIpc) is 2.75. The topological polar surface area (TPSA) is 85.7 Å². The number of hydrogen-bond acceptors (Lipinski definition) is 4. The number of nitrogens with two attached hydrogens (primary N) is 1. The summed E-state index contributed by atoms with van der Waals surface area (Å²) < 4.78 is 7.48. The van der Waals surface area contributed by atoms with Crippen LogP contribution in [0.15, 0.2) is 29.7 Å². The first-order valence-corrected chi connectivity index (χ1v) is 5.82. The summed E-state index contributed by atoms with van der Waals surface area (Å²) in [4.78, 5) is 4.32. The van der Waals surface area contributed by atoms with Gasteiger partial charge >= 0.3 is 0 Å². The molecule has 6 heteroatoms. The Balaban J connectivity index is 1.94. The number of oxime groups is 1. The van der Waals surface area contributed by atoms with E-state index in [1.54, 1.807) is 6.33 Å². The van der Waals surface area contributed by atoms with Crippen molar-refractivity contribution < 1.29 is 9.94 Å². The Bertz CT molecular complexity index is 601. The lowest BCUT2D eigenvalue weighted by Gasteiger charge is -2.26. The lowest BCUT2D eigenvalue weighted by molar-refractivity contribution is -0.0586. The third-order valence-corrected chi connectivity index (χ3v) is 3.22. The van der Waals surface area contributed by atoms with Gasteiger partial charge in [-0.25, -0.2) is 4.98 Å². The summed E-state index contributed by atoms with van der Waals surface area (Å²) >= 11 is 0. The molecule has 1 aromatic heterocycles. The van der Waals surface area contributed by atoms with Gasteiger partial charge in [-0.3, -0.25) is 0 Å². The van der Waals surface area contributed by atoms with Gasteiger partial charge in [-0.2, -0.15) is 0 Å². The summed E-state index contributed by atoms with van der Waals surface area (Å²) in [5.74, 6) is 0.0915. The molecule has 0 aliphatic carbocycles. The van der Waals surface area contributed by atoms with Crippen molar-refractivity contribution >= 4 is 16.9 Å². The number of fused-ring (bicyclic) bond motifs is 1. The van der Waals surface area contributed by atoms with Gasteiger partial charge in [0.1, 0.15) is 0 Å². The fourth-order valence-electron chi connectivity index (χ4n) is 2.07. The lowest BCUT2D eigenvalue weighted by Crippen LogP contribution is -2.30. The van der Waals surface area contributed by atoms with Crippen molar-refractivity contribution in [2.24, 2.45) is 10.9 Å². The van der Waals surface area contributed by atoms with E-state index < -0.39 is 0 Å². The van der Waals surface area contributed by atoms with Crippen LogP contribution < -0.4 is 5.73 Å². The number of nitrogens with zero attached hydrogens (tertiary/aromatic N) is 3. The Hall–Kier alpha value is -2.08. The first-order valence-electron chi connectivity index (χ1n) is 5.82. The molecule has 2 aromatic rings. The Morgan fingerprint density at radius 2 is 2.44 bits per heavy atom. The Labute approximate surface area is 104 Å². The molecule has 0 spiro atoms. The second-order valence-electron chi connectivity index (χ2n) is 4.37. The van der Waals surface area contributed by atoms with Gasteiger partial charge in [0.05, 0.1) is 30.0 Å². The van der Waals surface area contributed by atoms with Crippen LogP contribution in [0.2, 0.25) is 0 Å². The molecule has 1 saturated heterocycles. The largest absolute Gasteiger partial charge is 0.409 e. The minimum Gasteiger partial charge on any atom is -0.409 e. The number of amidine groups is 1. The smallest absolute Gasteiger partial charge is 0.170 e. The second kappa shape index (κ2) is 4.30. The Morgan fingerprint density at radius 1 is 1.61 bits per heavy atom. The van der Waals surface area contributed by atoms with Gasteiger partial charge in [0.25, 0.3) is 0 Å². The van der Waals surface area contributed by atoms with E-state index in [1.807, 2.05) is 18.2 Å². The first-order chi connectivity index (χ1) is 8.78. The van der Waals surface area contributed by atoms with E-state index in [2.05, 4.69) is 14.7 Å². The summed E-state index contributed by atoms with van der Waals surface area (Å²) in [5, 5.41) is 11.6. The van der Waals surface area contributed by atoms with Crippen LogP contribution in [0.25, 0.3) is 11.0 Å². The molecule has 3 N–H and O–H groups in total. The van der Waals surface area contributed by atoms with E-state index >= 15 is 0 Å². The highest BCUT2D eigenvalue weighted by Crippen LogP contribution is 2.19. The Kier molecular flexibility index (Phi) is 2.64. The monoisotopic (exact) mass is 246 g/mol. The van der Waals surface area contributed by atoms with Crippen LogP contribution in [0.1, 0.15) is 12.0 Å². The van der Waals surface area contributed by atoms with E-state index in [0.717, 1.165) is 30.6 Å². The third kappa shape index (κ3) is 1.80. The van der Waals surface area contributed by atoms with Crippen LogP contribution >= 0.6 is 0 Å². The molecular weight excluding hydrogens is 232 g/mol.